The summed E-state index contributed by atoms with van der Waals surface area (Å²) in [6.07, 6.45) is 1.41. The molecule has 0 aliphatic carbocycles. The predicted octanol–water partition coefficient (Wildman–Crippen LogP) is 4.86. The van der Waals surface area contributed by atoms with E-state index in [4.69, 9.17) is 10.7 Å². The van der Waals surface area contributed by atoms with Gasteiger partial charge in [-0.05, 0) is 23.8 Å². The van der Waals surface area contributed by atoms with Gasteiger partial charge < -0.3 is 25.2 Å². The largest absolute Gasteiger partial charge is 0.391 e. The second-order valence-corrected chi connectivity index (χ2v) is 11.2. The number of amides is 2. The molecule has 3 aromatic rings. The minimum absolute atomic E-state index is 0.150. The molecule has 2 aromatic carbocycles. The average molecular weight is 522 g/mol. The van der Waals surface area contributed by atoms with Gasteiger partial charge in [0.15, 0.2) is 0 Å². The van der Waals surface area contributed by atoms with E-state index >= 15 is 0 Å². The number of hydrogen-bond acceptors (Lipinski definition) is 4. The first-order valence-electron chi connectivity index (χ1n) is 13.4. The molecular formula is C30H40FN5O2. The number of β-amino-alcohol motifs (C(OH)–C–C–N with tert-alkyl or cyclic N) is 1. The topological polar surface area (TPSA) is 87.6 Å². The van der Waals surface area contributed by atoms with E-state index in [0.29, 0.717) is 31.8 Å². The van der Waals surface area contributed by atoms with Crippen LogP contribution >= 0.6 is 0 Å². The molecule has 0 saturated carbocycles. The molecule has 204 valence electrons. The number of hydrogen-bond donors (Lipinski definition) is 2. The molecule has 8 heteroatoms. The molecule has 1 aromatic heterocycles. The van der Waals surface area contributed by atoms with Crippen molar-refractivity contribution in [1.29, 1.82) is 0 Å². The number of alkyl halides is 1. The van der Waals surface area contributed by atoms with Crippen LogP contribution in [0.25, 0.3) is 11.3 Å². The molecule has 3 N–H and O–H groups in total. The van der Waals surface area contributed by atoms with Gasteiger partial charge in [0, 0.05) is 37.9 Å². The molecule has 2 unspecified atom stereocenters. The zero-order valence-electron chi connectivity index (χ0n) is 22.6. The number of benzene rings is 2. The van der Waals surface area contributed by atoms with Crippen LogP contribution < -0.4 is 5.73 Å². The van der Waals surface area contributed by atoms with E-state index in [-0.39, 0.29) is 25.7 Å². The number of carbonyl (C=O) groups is 1. The SMILES string of the molecule is CC(C)(C)[C@H](c1nc(-c2ccccc2)cn1Cc1ccccc1)N(CC(F)CN)C(=O)N1CCCC(O)C1. The van der Waals surface area contributed by atoms with Crippen LogP contribution in [0.3, 0.4) is 0 Å². The molecule has 0 bridgehead atoms. The Bertz CT molecular complexity index is 1180. The fourth-order valence-corrected chi connectivity index (χ4v) is 5.19. The Hall–Kier alpha value is -3.23. The Morgan fingerprint density at radius 3 is 2.42 bits per heavy atom. The fraction of sp³-hybridized carbons (Fsp3) is 0.467. The zero-order valence-corrected chi connectivity index (χ0v) is 22.6. The number of carbonyl (C=O) groups excluding carboxylic acids is 1. The number of aliphatic hydroxyl groups is 1. The monoisotopic (exact) mass is 521 g/mol. The Labute approximate surface area is 225 Å². The number of imidazole rings is 1. The number of aromatic nitrogens is 2. The number of urea groups is 1. The number of rotatable bonds is 8. The minimum atomic E-state index is -1.38. The molecule has 4 rings (SSSR count). The van der Waals surface area contributed by atoms with E-state index in [0.717, 1.165) is 16.8 Å². The molecule has 1 aliphatic rings. The first kappa shape index (κ1) is 27.8. The van der Waals surface area contributed by atoms with E-state index in [2.05, 4.69) is 16.7 Å². The molecule has 0 radical (unpaired) electrons. The first-order valence-corrected chi connectivity index (χ1v) is 13.4. The molecule has 2 amide bonds. The van der Waals surface area contributed by atoms with Gasteiger partial charge in [-0.15, -0.1) is 0 Å². The number of nitrogens with two attached hydrogens (primary N) is 1. The molecule has 3 atom stereocenters. The number of likely N-dealkylation sites (tertiary alicyclic amines) is 1. The molecule has 0 spiro atoms. The van der Waals surface area contributed by atoms with Crippen LogP contribution in [-0.2, 0) is 6.54 Å². The molecule has 1 fully saturated rings. The van der Waals surface area contributed by atoms with Crippen molar-refractivity contribution in [2.75, 3.05) is 26.2 Å². The van der Waals surface area contributed by atoms with Crippen LogP contribution in [0.1, 0.15) is 51.0 Å². The lowest BCUT2D eigenvalue weighted by Crippen LogP contribution is -2.54. The maximum atomic E-state index is 15.0. The van der Waals surface area contributed by atoms with Gasteiger partial charge in [-0.3, -0.25) is 0 Å². The van der Waals surface area contributed by atoms with Gasteiger partial charge in [0.2, 0.25) is 0 Å². The van der Waals surface area contributed by atoms with Crippen molar-refractivity contribution in [3.63, 3.8) is 0 Å². The van der Waals surface area contributed by atoms with Gasteiger partial charge in [0.25, 0.3) is 0 Å². The number of nitrogens with zero attached hydrogens (tertiary/aromatic N) is 4. The number of halogens is 1. The van der Waals surface area contributed by atoms with Gasteiger partial charge in [-0.2, -0.15) is 0 Å². The summed E-state index contributed by atoms with van der Waals surface area (Å²) in [7, 11) is 0. The Kier molecular flexibility index (Phi) is 8.84. The Morgan fingerprint density at radius 2 is 1.82 bits per heavy atom. The van der Waals surface area contributed by atoms with Gasteiger partial charge in [-0.1, -0.05) is 81.4 Å². The van der Waals surface area contributed by atoms with E-state index in [1.807, 2.05) is 75.5 Å². The second kappa shape index (κ2) is 12.1. The summed E-state index contributed by atoms with van der Waals surface area (Å²) in [6, 6.07) is 19.2. The highest BCUT2D eigenvalue weighted by Gasteiger charge is 2.41. The van der Waals surface area contributed by atoms with Crippen LogP contribution in [0.4, 0.5) is 9.18 Å². The van der Waals surface area contributed by atoms with Crippen molar-refractivity contribution < 1.29 is 14.3 Å². The lowest BCUT2D eigenvalue weighted by atomic mass is 9.84. The van der Waals surface area contributed by atoms with Crippen LogP contribution in [-0.4, -0.2) is 68.9 Å². The molecule has 1 aliphatic heterocycles. The van der Waals surface area contributed by atoms with Crippen LogP contribution in [0.2, 0.25) is 0 Å². The van der Waals surface area contributed by atoms with E-state index in [9.17, 15) is 14.3 Å². The van der Waals surface area contributed by atoms with E-state index in [1.54, 1.807) is 9.80 Å². The number of piperidine rings is 1. The van der Waals surface area contributed by atoms with Gasteiger partial charge in [0.05, 0.1) is 24.4 Å². The zero-order chi connectivity index (χ0) is 27.3. The smallest absolute Gasteiger partial charge is 0.320 e. The lowest BCUT2D eigenvalue weighted by Gasteiger charge is -2.43. The molecule has 7 nitrogen and oxygen atoms in total. The normalized spacial score (nSPS) is 17.7. The third kappa shape index (κ3) is 6.60. The van der Waals surface area contributed by atoms with Crippen molar-refractivity contribution in [1.82, 2.24) is 19.4 Å². The van der Waals surface area contributed by atoms with Crippen molar-refractivity contribution in [3.05, 3.63) is 78.2 Å². The summed E-state index contributed by atoms with van der Waals surface area (Å²) in [4.78, 5) is 22.3. The van der Waals surface area contributed by atoms with Crippen molar-refractivity contribution >= 4 is 6.03 Å². The summed E-state index contributed by atoms with van der Waals surface area (Å²) in [6.45, 7) is 7.12. The Balaban J connectivity index is 1.83. The van der Waals surface area contributed by atoms with Crippen molar-refractivity contribution in [2.45, 2.75) is 58.5 Å². The van der Waals surface area contributed by atoms with Gasteiger partial charge >= 0.3 is 6.03 Å². The van der Waals surface area contributed by atoms with Crippen molar-refractivity contribution in [2.24, 2.45) is 11.1 Å². The quantitative estimate of drug-likeness (QED) is 0.443. The summed E-state index contributed by atoms with van der Waals surface area (Å²) < 4.78 is 17.0. The highest BCUT2D eigenvalue weighted by Crippen LogP contribution is 2.40. The van der Waals surface area contributed by atoms with E-state index < -0.39 is 23.7 Å². The third-order valence-corrected chi connectivity index (χ3v) is 7.01. The standard InChI is InChI=1S/C30H40FN5O2/c1-30(2,3)27(36(19-24(31)17-32)29(38)34-16-10-15-25(37)20-34)28-33-26(23-13-8-5-9-14-23)21-35(28)18-22-11-6-4-7-12-22/h4-9,11-14,21,24-25,27,37H,10,15-20,32H2,1-3H3/t24?,25?,27-/m0/s1. The van der Waals surface area contributed by atoms with E-state index in [1.165, 1.54) is 0 Å². The lowest BCUT2D eigenvalue weighted by molar-refractivity contribution is 0.0398. The highest BCUT2D eigenvalue weighted by atomic mass is 19.1. The first-order chi connectivity index (χ1) is 18.2. The average Bonchev–Trinajstić information content (AvgIpc) is 3.31. The molecule has 1 saturated heterocycles. The maximum absolute atomic E-state index is 15.0. The van der Waals surface area contributed by atoms with Gasteiger partial charge in [0.1, 0.15) is 12.0 Å². The molecule has 38 heavy (non-hydrogen) atoms. The van der Waals surface area contributed by atoms with Crippen LogP contribution in [0.5, 0.6) is 0 Å². The second-order valence-electron chi connectivity index (χ2n) is 11.2. The summed E-state index contributed by atoms with van der Waals surface area (Å²) in [5, 5.41) is 10.3. The minimum Gasteiger partial charge on any atom is -0.391 e. The Morgan fingerprint density at radius 1 is 1.16 bits per heavy atom. The fourth-order valence-electron chi connectivity index (χ4n) is 5.19. The van der Waals surface area contributed by atoms with Crippen molar-refractivity contribution in [3.8, 4) is 11.3 Å². The van der Waals surface area contributed by atoms with Crippen LogP contribution in [0.15, 0.2) is 66.9 Å². The summed E-state index contributed by atoms with van der Waals surface area (Å²) in [5.41, 5.74) is 8.07. The van der Waals surface area contributed by atoms with Gasteiger partial charge in [-0.25, -0.2) is 14.2 Å². The highest BCUT2D eigenvalue weighted by molar-refractivity contribution is 5.75. The van der Waals surface area contributed by atoms with Crippen LogP contribution in [0, 0.1) is 5.41 Å². The summed E-state index contributed by atoms with van der Waals surface area (Å²) in [5.74, 6) is 0.690. The summed E-state index contributed by atoms with van der Waals surface area (Å²) >= 11 is 0. The molecule has 2 heterocycles. The third-order valence-electron chi connectivity index (χ3n) is 7.01. The maximum Gasteiger partial charge on any atom is 0.320 e. The predicted molar refractivity (Wildman–Crippen MR) is 148 cm³/mol. The molecular weight excluding hydrogens is 481 g/mol. The number of aliphatic hydroxyl groups excluding tert-OH is 1.